The highest BCUT2D eigenvalue weighted by molar-refractivity contribution is 4.93. The molecule has 1 aliphatic heterocycles. The number of hydrogen-bond donors (Lipinski definition) is 2. The lowest BCUT2D eigenvalue weighted by atomic mass is 9.88. The Labute approximate surface area is 110 Å². The van der Waals surface area contributed by atoms with Gasteiger partial charge in [-0.1, -0.05) is 26.2 Å². The zero-order chi connectivity index (χ0) is 13.0. The number of hydrogen-bond acceptors (Lipinski definition) is 4. The van der Waals surface area contributed by atoms with Crippen LogP contribution in [-0.2, 0) is 4.74 Å². The van der Waals surface area contributed by atoms with Gasteiger partial charge in [0.2, 0.25) is 0 Å². The van der Waals surface area contributed by atoms with E-state index in [1.165, 1.54) is 25.7 Å². The molecule has 0 amide bonds. The highest BCUT2D eigenvalue weighted by Gasteiger charge is 2.38. The molecule has 4 heteroatoms. The molecule has 4 nitrogen and oxygen atoms in total. The number of nitrogens with zero attached hydrogens (tertiary/aromatic N) is 1. The normalized spacial score (nSPS) is 32.8. The molecule has 4 unspecified atom stereocenters. The lowest BCUT2D eigenvalue weighted by Gasteiger charge is -2.48. The summed E-state index contributed by atoms with van der Waals surface area (Å²) in [5.74, 6) is 0. The van der Waals surface area contributed by atoms with E-state index in [1.54, 1.807) is 0 Å². The van der Waals surface area contributed by atoms with E-state index in [4.69, 9.17) is 10.5 Å². The third-order valence-electron chi connectivity index (χ3n) is 4.50. The summed E-state index contributed by atoms with van der Waals surface area (Å²) in [7, 11) is 0. The molecule has 0 aromatic carbocycles. The van der Waals surface area contributed by atoms with Crippen LogP contribution in [0.5, 0.6) is 0 Å². The van der Waals surface area contributed by atoms with Crippen LogP contribution in [0.4, 0.5) is 0 Å². The number of morpholine rings is 1. The van der Waals surface area contributed by atoms with E-state index in [0.29, 0.717) is 12.1 Å². The van der Waals surface area contributed by atoms with Gasteiger partial charge in [-0.05, 0) is 19.3 Å². The van der Waals surface area contributed by atoms with Crippen molar-refractivity contribution in [1.82, 2.24) is 4.90 Å². The summed E-state index contributed by atoms with van der Waals surface area (Å²) in [6, 6.07) is 0.674. The zero-order valence-electron chi connectivity index (χ0n) is 11.6. The topological polar surface area (TPSA) is 58.7 Å². The average Bonchev–Trinajstić information content (AvgIpc) is 2.40. The minimum Gasteiger partial charge on any atom is -0.395 e. The Balaban J connectivity index is 2.03. The average molecular weight is 256 g/mol. The van der Waals surface area contributed by atoms with Gasteiger partial charge >= 0.3 is 0 Å². The van der Waals surface area contributed by atoms with Gasteiger partial charge < -0.3 is 15.6 Å². The van der Waals surface area contributed by atoms with E-state index in [2.05, 4.69) is 11.8 Å². The number of ether oxygens (including phenoxy) is 1. The molecule has 3 N–H and O–H groups in total. The largest absolute Gasteiger partial charge is 0.395 e. The van der Waals surface area contributed by atoms with Crippen molar-refractivity contribution in [2.75, 3.05) is 19.8 Å². The molecular formula is C14H28N2O2. The van der Waals surface area contributed by atoms with Crippen molar-refractivity contribution < 1.29 is 9.84 Å². The van der Waals surface area contributed by atoms with Crippen LogP contribution in [0.25, 0.3) is 0 Å². The van der Waals surface area contributed by atoms with Crippen molar-refractivity contribution in [3.8, 4) is 0 Å². The van der Waals surface area contributed by atoms with Gasteiger partial charge in [0, 0.05) is 24.7 Å². The molecule has 1 saturated carbocycles. The second-order valence-electron chi connectivity index (χ2n) is 5.70. The predicted octanol–water partition coefficient (Wildman–Crippen LogP) is 1.12. The molecule has 2 aliphatic rings. The van der Waals surface area contributed by atoms with Crippen LogP contribution in [0.15, 0.2) is 0 Å². The Kier molecular flexibility index (Phi) is 5.42. The maximum absolute atomic E-state index is 9.70. The maximum atomic E-state index is 9.70. The molecule has 0 aromatic heterocycles. The van der Waals surface area contributed by atoms with Crippen molar-refractivity contribution in [2.45, 2.75) is 69.7 Å². The molecule has 18 heavy (non-hydrogen) atoms. The van der Waals surface area contributed by atoms with Crippen LogP contribution in [0.3, 0.4) is 0 Å². The van der Waals surface area contributed by atoms with Gasteiger partial charge in [-0.15, -0.1) is 0 Å². The van der Waals surface area contributed by atoms with Crippen molar-refractivity contribution in [3.63, 3.8) is 0 Å². The van der Waals surface area contributed by atoms with E-state index in [1.807, 2.05) is 0 Å². The Morgan fingerprint density at radius 1 is 1.39 bits per heavy atom. The summed E-state index contributed by atoms with van der Waals surface area (Å²) >= 11 is 0. The fourth-order valence-electron chi connectivity index (χ4n) is 3.55. The van der Waals surface area contributed by atoms with Gasteiger partial charge in [0.1, 0.15) is 0 Å². The lowest BCUT2D eigenvalue weighted by molar-refractivity contribution is -0.111. The summed E-state index contributed by atoms with van der Waals surface area (Å²) in [5, 5.41) is 9.70. The molecule has 2 rings (SSSR count). The van der Waals surface area contributed by atoms with E-state index in [9.17, 15) is 5.11 Å². The summed E-state index contributed by atoms with van der Waals surface area (Å²) in [6.45, 7) is 4.03. The Hall–Kier alpha value is -0.160. The van der Waals surface area contributed by atoms with E-state index in [-0.39, 0.29) is 18.7 Å². The molecule has 106 valence electrons. The maximum Gasteiger partial charge on any atom is 0.0731 e. The number of rotatable bonds is 5. The van der Waals surface area contributed by atoms with Crippen LogP contribution in [-0.4, -0.2) is 54.0 Å². The van der Waals surface area contributed by atoms with Crippen LogP contribution < -0.4 is 5.73 Å². The van der Waals surface area contributed by atoms with Crippen molar-refractivity contribution in [3.05, 3.63) is 0 Å². The number of nitrogens with two attached hydrogens (primary N) is 1. The first-order chi connectivity index (χ1) is 8.77. The van der Waals surface area contributed by atoms with Crippen LogP contribution in [0.2, 0.25) is 0 Å². The first-order valence-electron chi connectivity index (χ1n) is 7.51. The molecule has 0 aromatic rings. The number of fused-ring (bicyclic) bond motifs is 1. The second-order valence-corrected chi connectivity index (χ2v) is 5.70. The Morgan fingerprint density at radius 2 is 2.17 bits per heavy atom. The van der Waals surface area contributed by atoms with E-state index >= 15 is 0 Å². The quantitative estimate of drug-likeness (QED) is 0.774. The first-order valence-corrected chi connectivity index (χ1v) is 7.51. The van der Waals surface area contributed by atoms with Crippen molar-refractivity contribution in [1.29, 1.82) is 0 Å². The molecule has 2 fully saturated rings. The standard InChI is InChI=1S/C14H28N2O2/c1-2-5-11(15)13(10-17)16-8-9-18-14-7-4-3-6-12(14)16/h11-14,17H,2-10,15H2,1H3. The van der Waals surface area contributed by atoms with E-state index in [0.717, 1.165) is 26.0 Å². The molecule has 0 bridgehead atoms. The minimum absolute atomic E-state index is 0.0840. The fourth-order valence-corrected chi connectivity index (χ4v) is 3.55. The Morgan fingerprint density at radius 3 is 2.89 bits per heavy atom. The zero-order valence-corrected chi connectivity index (χ0v) is 11.6. The van der Waals surface area contributed by atoms with Gasteiger partial charge in [0.25, 0.3) is 0 Å². The molecule has 1 heterocycles. The summed E-state index contributed by atoms with van der Waals surface area (Å²) in [4.78, 5) is 2.44. The second kappa shape index (κ2) is 6.85. The number of aliphatic hydroxyl groups is 1. The van der Waals surface area contributed by atoms with Gasteiger partial charge in [-0.25, -0.2) is 0 Å². The van der Waals surface area contributed by atoms with E-state index < -0.39 is 0 Å². The third kappa shape index (κ3) is 3.05. The third-order valence-corrected chi connectivity index (χ3v) is 4.50. The van der Waals surface area contributed by atoms with Gasteiger partial charge in [-0.2, -0.15) is 0 Å². The highest BCUT2D eigenvalue weighted by atomic mass is 16.5. The molecule has 1 aliphatic carbocycles. The summed E-state index contributed by atoms with van der Waals surface area (Å²) in [5.41, 5.74) is 6.25. The predicted molar refractivity (Wildman–Crippen MR) is 72.5 cm³/mol. The van der Waals surface area contributed by atoms with Gasteiger partial charge in [0.15, 0.2) is 0 Å². The molecular weight excluding hydrogens is 228 g/mol. The molecule has 0 radical (unpaired) electrons. The van der Waals surface area contributed by atoms with Crippen LogP contribution >= 0.6 is 0 Å². The number of aliphatic hydroxyl groups excluding tert-OH is 1. The van der Waals surface area contributed by atoms with Gasteiger partial charge in [-0.3, -0.25) is 4.90 Å². The Bertz CT molecular complexity index is 248. The first kappa shape index (κ1) is 14.3. The lowest BCUT2D eigenvalue weighted by Crippen LogP contribution is -2.61. The fraction of sp³-hybridized carbons (Fsp3) is 1.00. The summed E-state index contributed by atoms with van der Waals surface area (Å²) < 4.78 is 5.88. The smallest absolute Gasteiger partial charge is 0.0731 e. The summed E-state index contributed by atoms with van der Waals surface area (Å²) in [6.07, 6.45) is 7.36. The van der Waals surface area contributed by atoms with Crippen LogP contribution in [0, 0.1) is 0 Å². The molecule has 1 saturated heterocycles. The van der Waals surface area contributed by atoms with Gasteiger partial charge in [0.05, 0.1) is 19.3 Å². The van der Waals surface area contributed by atoms with Crippen LogP contribution in [0.1, 0.15) is 45.4 Å². The molecule has 0 spiro atoms. The SMILES string of the molecule is CCCC(N)C(CO)N1CCOC2CCCCC21. The minimum atomic E-state index is 0.0840. The van der Waals surface area contributed by atoms with Crippen molar-refractivity contribution in [2.24, 2.45) is 5.73 Å². The molecule has 4 atom stereocenters. The monoisotopic (exact) mass is 256 g/mol. The van der Waals surface area contributed by atoms with Crippen molar-refractivity contribution >= 4 is 0 Å². The highest BCUT2D eigenvalue weighted by Crippen LogP contribution is 2.30.